The molecule has 1 unspecified atom stereocenters. The Kier molecular flexibility index (Phi) is 4.11. The highest BCUT2D eigenvalue weighted by Gasteiger charge is 2.38. The van der Waals surface area contributed by atoms with Crippen molar-refractivity contribution in [1.82, 2.24) is 29.7 Å². The van der Waals surface area contributed by atoms with Crippen molar-refractivity contribution in [3.63, 3.8) is 0 Å². The van der Waals surface area contributed by atoms with Crippen LogP contribution in [-0.4, -0.2) is 47.1 Å². The molecular formula is C17H13F3N6O. The molecule has 0 saturated carbocycles. The van der Waals surface area contributed by atoms with Crippen molar-refractivity contribution in [2.75, 3.05) is 0 Å². The number of halogens is 3. The molecule has 4 rings (SSSR count). The first kappa shape index (κ1) is 17.2. The van der Waals surface area contributed by atoms with E-state index in [4.69, 9.17) is 5.11 Å². The van der Waals surface area contributed by atoms with Crippen molar-refractivity contribution >= 4 is 11.2 Å². The number of pyridine rings is 2. The SMILES string of the molecule is OC(Cc1ccc(-n2cc(-c3ccnc4[nH]cnc34)cn2)nc1)C(F)(F)F. The van der Waals surface area contributed by atoms with Gasteiger partial charge in [-0.1, -0.05) is 6.07 Å². The van der Waals surface area contributed by atoms with Crippen LogP contribution >= 0.6 is 0 Å². The third-order valence-corrected chi connectivity index (χ3v) is 4.06. The molecule has 27 heavy (non-hydrogen) atoms. The molecule has 0 aliphatic carbocycles. The van der Waals surface area contributed by atoms with E-state index in [9.17, 15) is 13.2 Å². The highest BCUT2D eigenvalue weighted by atomic mass is 19.4. The fourth-order valence-corrected chi connectivity index (χ4v) is 2.68. The second kappa shape index (κ2) is 6.47. The number of rotatable bonds is 4. The summed E-state index contributed by atoms with van der Waals surface area (Å²) in [7, 11) is 0. The number of aliphatic hydroxyl groups is 1. The molecular weight excluding hydrogens is 361 g/mol. The maximum atomic E-state index is 12.4. The van der Waals surface area contributed by atoms with E-state index in [0.717, 1.165) is 11.1 Å². The highest BCUT2D eigenvalue weighted by Crippen LogP contribution is 2.26. The first-order valence-electron chi connectivity index (χ1n) is 7.95. The fourth-order valence-electron chi connectivity index (χ4n) is 2.68. The van der Waals surface area contributed by atoms with Gasteiger partial charge in [-0.3, -0.25) is 0 Å². The van der Waals surface area contributed by atoms with Crippen LogP contribution in [0, 0.1) is 0 Å². The van der Waals surface area contributed by atoms with Crippen molar-refractivity contribution < 1.29 is 18.3 Å². The standard InChI is InChI=1S/C17H13F3N6O/c18-17(19,20)13(27)5-10-1-2-14(22-6-10)26-8-11(7-25-26)12-3-4-21-16-15(12)23-9-24-16/h1-4,6-9,13,27H,5H2,(H,21,23,24). The Morgan fingerprint density at radius 3 is 2.70 bits per heavy atom. The zero-order chi connectivity index (χ0) is 19.0. The van der Waals surface area contributed by atoms with Crippen molar-refractivity contribution in [3.05, 3.63) is 54.9 Å². The molecule has 0 amide bonds. The minimum absolute atomic E-state index is 0.281. The van der Waals surface area contributed by atoms with E-state index in [1.807, 2.05) is 6.07 Å². The Bertz CT molecular complexity index is 1070. The first-order chi connectivity index (χ1) is 12.9. The largest absolute Gasteiger partial charge is 0.414 e. The van der Waals surface area contributed by atoms with Crippen LogP contribution in [0.4, 0.5) is 13.2 Å². The van der Waals surface area contributed by atoms with Crippen LogP contribution in [0.5, 0.6) is 0 Å². The summed E-state index contributed by atoms with van der Waals surface area (Å²) in [6, 6.07) is 4.85. The molecule has 10 heteroatoms. The third-order valence-electron chi connectivity index (χ3n) is 4.06. The van der Waals surface area contributed by atoms with Crippen LogP contribution in [0.25, 0.3) is 28.1 Å². The number of hydrogen-bond donors (Lipinski definition) is 2. The molecule has 0 aromatic carbocycles. The molecule has 4 heterocycles. The first-order valence-corrected chi connectivity index (χ1v) is 7.95. The molecule has 1 atom stereocenters. The lowest BCUT2D eigenvalue weighted by Crippen LogP contribution is -2.30. The summed E-state index contributed by atoms with van der Waals surface area (Å²) in [4.78, 5) is 15.5. The van der Waals surface area contributed by atoms with Crippen LogP contribution in [0.1, 0.15) is 5.56 Å². The van der Waals surface area contributed by atoms with E-state index in [1.165, 1.54) is 16.9 Å². The number of nitrogens with zero attached hydrogens (tertiary/aromatic N) is 5. The lowest BCUT2D eigenvalue weighted by Gasteiger charge is -2.14. The summed E-state index contributed by atoms with van der Waals surface area (Å²) >= 11 is 0. The van der Waals surface area contributed by atoms with Gasteiger partial charge in [0.15, 0.2) is 17.6 Å². The lowest BCUT2D eigenvalue weighted by atomic mass is 10.1. The summed E-state index contributed by atoms with van der Waals surface area (Å²) in [5.74, 6) is 0.443. The molecule has 0 bridgehead atoms. The minimum Gasteiger partial charge on any atom is -0.383 e. The molecule has 0 spiro atoms. The number of aromatic amines is 1. The molecule has 0 aliphatic heterocycles. The molecule has 4 aromatic rings. The molecule has 0 fully saturated rings. The Morgan fingerprint density at radius 1 is 1.11 bits per heavy atom. The van der Waals surface area contributed by atoms with Gasteiger partial charge in [0.1, 0.15) is 5.52 Å². The molecule has 0 aliphatic rings. The Labute approximate surface area is 150 Å². The smallest absolute Gasteiger partial charge is 0.383 e. The van der Waals surface area contributed by atoms with Gasteiger partial charge >= 0.3 is 6.18 Å². The van der Waals surface area contributed by atoms with Crippen LogP contribution in [0.3, 0.4) is 0 Å². The summed E-state index contributed by atoms with van der Waals surface area (Å²) in [5, 5.41) is 13.4. The average molecular weight is 374 g/mol. The van der Waals surface area contributed by atoms with E-state index in [0.29, 0.717) is 17.0 Å². The predicted octanol–water partition coefficient (Wildman–Crippen LogP) is 2.67. The van der Waals surface area contributed by atoms with Gasteiger partial charge in [0.25, 0.3) is 0 Å². The Hall–Kier alpha value is -3.27. The summed E-state index contributed by atoms with van der Waals surface area (Å²) < 4.78 is 38.8. The van der Waals surface area contributed by atoms with Gasteiger partial charge in [-0.15, -0.1) is 0 Å². The lowest BCUT2D eigenvalue weighted by molar-refractivity contribution is -0.203. The molecule has 4 aromatic heterocycles. The zero-order valence-corrected chi connectivity index (χ0v) is 13.7. The van der Waals surface area contributed by atoms with Gasteiger partial charge in [-0.25, -0.2) is 19.6 Å². The number of nitrogens with one attached hydrogen (secondary N) is 1. The number of fused-ring (bicyclic) bond motifs is 1. The molecule has 2 N–H and O–H groups in total. The number of alkyl halides is 3. The number of hydrogen-bond acceptors (Lipinski definition) is 5. The average Bonchev–Trinajstić information content (AvgIpc) is 3.31. The predicted molar refractivity (Wildman–Crippen MR) is 90.0 cm³/mol. The molecule has 0 radical (unpaired) electrons. The van der Waals surface area contributed by atoms with Crippen molar-refractivity contribution in [1.29, 1.82) is 0 Å². The zero-order valence-electron chi connectivity index (χ0n) is 13.7. The maximum absolute atomic E-state index is 12.4. The van der Waals surface area contributed by atoms with Crippen LogP contribution in [0.15, 0.2) is 49.3 Å². The van der Waals surface area contributed by atoms with Crippen molar-refractivity contribution in [3.8, 4) is 16.9 Å². The second-order valence-electron chi connectivity index (χ2n) is 5.92. The van der Waals surface area contributed by atoms with E-state index >= 15 is 0 Å². The Balaban J connectivity index is 1.58. The number of aromatic nitrogens is 6. The van der Waals surface area contributed by atoms with Crippen LogP contribution in [-0.2, 0) is 6.42 Å². The van der Waals surface area contributed by atoms with Gasteiger partial charge in [-0.2, -0.15) is 18.3 Å². The quantitative estimate of drug-likeness (QED) is 0.573. The molecule has 138 valence electrons. The second-order valence-corrected chi connectivity index (χ2v) is 5.92. The van der Waals surface area contributed by atoms with Gasteiger partial charge in [0.2, 0.25) is 0 Å². The van der Waals surface area contributed by atoms with Gasteiger partial charge in [0, 0.05) is 36.1 Å². The maximum Gasteiger partial charge on any atom is 0.414 e. The van der Waals surface area contributed by atoms with Gasteiger partial charge in [-0.05, 0) is 17.7 Å². The summed E-state index contributed by atoms with van der Waals surface area (Å²) in [6.45, 7) is 0. The number of imidazole rings is 1. The van der Waals surface area contributed by atoms with Crippen LogP contribution in [0.2, 0.25) is 0 Å². The minimum atomic E-state index is -4.66. The van der Waals surface area contributed by atoms with E-state index in [1.54, 1.807) is 31.0 Å². The van der Waals surface area contributed by atoms with Gasteiger partial charge < -0.3 is 10.1 Å². The fraction of sp³-hybridized carbons (Fsp3) is 0.176. The normalized spacial score (nSPS) is 13.2. The van der Waals surface area contributed by atoms with Gasteiger partial charge in [0.05, 0.1) is 12.5 Å². The van der Waals surface area contributed by atoms with E-state index in [-0.39, 0.29) is 5.56 Å². The monoisotopic (exact) mass is 374 g/mol. The molecule has 0 saturated heterocycles. The number of H-pyrrole nitrogens is 1. The van der Waals surface area contributed by atoms with Crippen LogP contribution < -0.4 is 0 Å². The number of aliphatic hydroxyl groups excluding tert-OH is 1. The van der Waals surface area contributed by atoms with E-state index in [2.05, 4.69) is 25.0 Å². The highest BCUT2D eigenvalue weighted by molar-refractivity contribution is 5.88. The van der Waals surface area contributed by atoms with Crippen molar-refractivity contribution in [2.45, 2.75) is 18.7 Å². The summed E-state index contributed by atoms with van der Waals surface area (Å²) in [6.07, 6.45) is 0.289. The van der Waals surface area contributed by atoms with E-state index < -0.39 is 18.7 Å². The topological polar surface area (TPSA) is 92.5 Å². The van der Waals surface area contributed by atoms with Crippen molar-refractivity contribution in [2.24, 2.45) is 0 Å². The molecule has 7 nitrogen and oxygen atoms in total. The Morgan fingerprint density at radius 2 is 1.96 bits per heavy atom. The third kappa shape index (κ3) is 3.38. The summed E-state index contributed by atoms with van der Waals surface area (Å²) in [5.41, 5.74) is 3.29.